The molecule has 0 saturated carbocycles. The Bertz CT molecular complexity index is 3200. The fraction of sp³-hybridized carbons (Fsp3) is 0.373. The summed E-state index contributed by atoms with van der Waals surface area (Å²) in [7, 11) is 0. The summed E-state index contributed by atoms with van der Waals surface area (Å²) in [4.78, 5) is 5.35. The molecular formula is C67H77BN2. The zero-order valence-corrected chi connectivity index (χ0v) is 45.6. The van der Waals surface area contributed by atoms with Crippen molar-refractivity contribution in [2.75, 3.05) is 9.80 Å². The summed E-state index contributed by atoms with van der Waals surface area (Å²) >= 11 is 0. The molecule has 0 radical (unpaired) electrons. The number of nitrogens with zero attached hydrogens (tertiary/aromatic N) is 2. The van der Waals surface area contributed by atoms with E-state index < -0.39 is 0 Å². The number of benzene rings is 7. The molecule has 3 heteroatoms. The molecule has 7 aromatic rings. The first kappa shape index (κ1) is 47.9. The van der Waals surface area contributed by atoms with E-state index in [1.807, 2.05) is 0 Å². The zero-order valence-electron chi connectivity index (χ0n) is 45.6. The quantitative estimate of drug-likeness (QED) is 0.162. The third-order valence-corrected chi connectivity index (χ3v) is 15.8. The second kappa shape index (κ2) is 16.1. The number of rotatable bonds is 4. The summed E-state index contributed by atoms with van der Waals surface area (Å²) in [6.45, 7) is 40.1. The second-order valence-electron chi connectivity index (χ2n) is 27.2. The van der Waals surface area contributed by atoms with E-state index in [-0.39, 0.29) is 39.2 Å². The van der Waals surface area contributed by atoms with Crippen molar-refractivity contribution in [1.29, 1.82) is 0 Å². The van der Waals surface area contributed by atoms with Crippen molar-refractivity contribution in [3.63, 3.8) is 0 Å². The Balaban J connectivity index is 1.31. The Morgan fingerprint density at radius 3 is 1.50 bits per heavy atom. The highest BCUT2D eigenvalue weighted by molar-refractivity contribution is 7.00. The lowest BCUT2D eigenvalue weighted by Crippen LogP contribution is -2.61. The molecule has 2 aliphatic heterocycles. The smallest absolute Gasteiger partial charge is 0.252 e. The minimum Gasteiger partial charge on any atom is -0.311 e. The van der Waals surface area contributed by atoms with Crippen LogP contribution in [-0.2, 0) is 39.9 Å². The first-order valence-electron chi connectivity index (χ1n) is 26.1. The Morgan fingerprint density at radius 2 is 0.871 bits per heavy atom. The average Bonchev–Trinajstić information content (AvgIpc) is 3.59. The third kappa shape index (κ3) is 8.44. The van der Waals surface area contributed by atoms with Gasteiger partial charge in [-0.05, 0) is 172 Å². The fourth-order valence-corrected chi connectivity index (χ4v) is 11.6. The fourth-order valence-electron chi connectivity index (χ4n) is 11.6. The van der Waals surface area contributed by atoms with Gasteiger partial charge in [0.2, 0.25) is 0 Å². The van der Waals surface area contributed by atoms with Crippen molar-refractivity contribution in [1.82, 2.24) is 0 Å². The maximum Gasteiger partial charge on any atom is 0.252 e. The molecule has 70 heavy (non-hydrogen) atoms. The lowest BCUT2D eigenvalue weighted by Gasteiger charge is -2.46. The molecule has 2 heterocycles. The third-order valence-electron chi connectivity index (χ3n) is 15.8. The number of fused-ring (bicyclic) bond motifs is 5. The molecule has 0 unspecified atom stereocenters. The maximum absolute atomic E-state index is 2.70. The van der Waals surface area contributed by atoms with Crippen molar-refractivity contribution in [2.24, 2.45) is 5.41 Å². The molecule has 0 fully saturated rings. The Morgan fingerprint density at radius 1 is 0.371 bits per heavy atom. The molecule has 0 bridgehead atoms. The predicted molar refractivity (Wildman–Crippen MR) is 306 cm³/mol. The van der Waals surface area contributed by atoms with E-state index >= 15 is 0 Å². The van der Waals surface area contributed by atoms with E-state index in [9.17, 15) is 0 Å². The largest absolute Gasteiger partial charge is 0.311 e. The summed E-state index contributed by atoms with van der Waals surface area (Å²) in [5.74, 6) is 0. The van der Waals surface area contributed by atoms with E-state index in [2.05, 4.69) is 261 Å². The Labute approximate surface area is 422 Å². The van der Waals surface area contributed by atoms with Crippen LogP contribution in [0.3, 0.4) is 0 Å². The summed E-state index contributed by atoms with van der Waals surface area (Å²) < 4.78 is 0. The van der Waals surface area contributed by atoms with E-state index in [1.165, 1.54) is 112 Å². The van der Waals surface area contributed by atoms with Crippen LogP contribution < -0.4 is 26.2 Å². The molecule has 0 atom stereocenters. The molecule has 358 valence electrons. The standard InChI is InChI=1S/C67H77BN2/c1-62(2,3)47-26-24-42(25-27-47)43-20-18-21-44(32-43)53-36-49(64(7,8)9)29-31-56(53)70-57-34-46-41-67(16,17)40-45(46)33-55(57)68-54-30-28-50(65(10,11)12)37-58(54)69(52-23-19-22-48(35-52)63(4,5)6)59-38-51(66(13,14)15)39-60(70)61(59)68/h18-39H,40-41H2,1-17H3. The van der Waals surface area contributed by atoms with Crippen LogP contribution in [0.1, 0.15) is 157 Å². The topological polar surface area (TPSA) is 6.48 Å². The van der Waals surface area contributed by atoms with Crippen LogP contribution in [-0.4, -0.2) is 6.71 Å². The van der Waals surface area contributed by atoms with Gasteiger partial charge in [-0.25, -0.2) is 0 Å². The minimum atomic E-state index is -0.128. The molecule has 7 aromatic carbocycles. The SMILES string of the molecule is CC1(C)Cc2cc3c(cc2C1)N(c1ccc(C(C)(C)C)cc1-c1cccc(-c2ccc(C(C)(C)C)cc2)c1)c1cc(C(C)(C)C)cc2c1B3c1ccc(C(C)(C)C)cc1N2c1cccc(C(C)(C)C)c1. The number of hydrogen-bond donors (Lipinski definition) is 0. The summed E-state index contributed by atoms with van der Waals surface area (Å²) in [6.07, 6.45) is 2.16. The zero-order chi connectivity index (χ0) is 50.2. The van der Waals surface area contributed by atoms with Crippen LogP contribution in [0, 0.1) is 5.41 Å². The van der Waals surface area contributed by atoms with Gasteiger partial charge in [-0.1, -0.05) is 197 Å². The molecular weight excluding hydrogens is 844 g/mol. The minimum absolute atomic E-state index is 0.0101. The van der Waals surface area contributed by atoms with E-state index in [0.29, 0.717) is 0 Å². The van der Waals surface area contributed by atoms with Crippen molar-refractivity contribution in [3.05, 3.63) is 172 Å². The lowest BCUT2D eigenvalue weighted by molar-refractivity contribution is 0.392. The van der Waals surface area contributed by atoms with Crippen LogP contribution in [0.4, 0.5) is 34.1 Å². The molecule has 1 aliphatic carbocycles. The van der Waals surface area contributed by atoms with Gasteiger partial charge in [0.05, 0.1) is 5.69 Å². The van der Waals surface area contributed by atoms with Gasteiger partial charge < -0.3 is 9.80 Å². The predicted octanol–water partition coefficient (Wildman–Crippen LogP) is 16.7. The van der Waals surface area contributed by atoms with E-state index in [0.717, 1.165) is 12.8 Å². The number of anilines is 6. The van der Waals surface area contributed by atoms with E-state index in [4.69, 9.17) is 0 Å². The maximum atomic E-state index is 2.70. The first-order chi connectivity index (χ1) is 32.6. The van der Waals surface area contributed by atoms with Crippen molar-refractivity contribution in [2.45, 2.75) is 158 Å². The lowest BCUT2D eigenvalue weighted by atomic mass is 9.33. The van der Waals surface area contributed by atoms with Crippen LogP contribution in [0.25, 0.3) is 22.3 Å². The molecule has 0 aromatic heterocycles. The van der Waals surface area contributed by atoms with E-state index in [1.54, 1.807) is 0 Å². The molecule has 0 saturated heterocycles. The van der Waals surface area contributed by atoms with Crippen LogP contribution in [0.2, 0.25) is 0 Å². The Hall–Kier alpha value is -5.80. The summed E-state index contributed by atoms with van der Waals surface area (Å²) in [6, 6.07) is 53.1. The first-order valence-corrected chi connectivity index (χ1v) is 26.1. The Kier molecular flexibility index (Phi) is 11.0. The highest BCUT2D eigenvalue weighted by Crippen LogP contribution is 2.51. The van der Waals surface area contributed by atoms with Gasteiger partial charge in [0.1, 0.15) is 0 Å². The second-order valence-corrected chi connectivity index (χ2v) is 27.2. The molecule has 10 rings (SSSR count). The van der Waals surface area contributed by atoms with Gasteiger partial charge in [-0.3, -0.25) is 0 Å². The molecule has 2 nitrogen and oxygen atoms in total. The highest BCUT2D eigenvalue weighted by Gasteiger charge is 2.46. The van der Waals surface area contributed by atoms with Gasteiger partial charge >= 0.3 is 0 Å². The molecule has 0 N–H and O–H groups in total. The monoisotopic (exact) mass is 921 g/mol. The van der Waals surface area contributed by atoms with Gasteiger partial charge in [0, 0.05) is 34.0 Å². The summed E-state index contributed by atoms with van der Waals surface area (Å²) in [5.41, 5.74) is 26.4. The van der Waals surface area contributed by atoms with Gasteiger partial charge in [-0.2, -0.15) is 0 Å². The summed E-state index contributed by atoms with van der Waals surface area (Å²) in [5, 5.41) is 0. The molecule has 3 aliphatic rings. The van der Waals surface area contributed by atoms with Crippen LogP contribution in [0.5, 0.6) is 0 Å². The van der Waals surface area contributed by atoms with Gasteiger partial charge in [-0.15, -0.1) is 0 Å². The normalized spacial score (nSPS) is 15.4. The van der Waals surface area contributed by atoms with Crippen LogP contribution >= 0.6 is 0 Å². The van der Waals surface area contributed by atoms with Crippen molar-refractivity contribution < 1.29 is 0 Å². The van der Waals surface area contributed by atoms with Crippen molar-refractivity contribution in [3.8, 4) is 22.3 Å². The van der Waals surface area contributed by atoms with Gasteiger partial charge in [0.15, 0.2) is 0 Å². The highest BCUT2D eigenvalue weighted by atomic mass is 15.2. The average molecular weight is 921 g/mol. The molecule has 0 amide bonds. The number of hydrogen-bond acceptors (Lipinski definition) is 2. The van der Waals surface area contributed by atoms with Crippen LogP contribution in [0.15, 0.2) is 133 Å². The van der Waals surface area contributed by atoms with Gasteiger partial charge in [0.25, 0.3) is 6.71 Å². The molecule has 0 spiro atoms. The van der Waals surface area contributed by atoms with Crippen molar-refractivity contribution >= 4 is 57.2 Å².